The molecule has 17 nitrogen and oxygen atoms in total. The molecular weight excluding hydrogens is 948 g/mol. The van der Waals surface area contributed by atoms with Crippen LogP contribution in [0.4, 0.5) is 13.2 Å². The highest BCUT2D eigenvalue weighted by molar-refractivity contribution is 7.89. The average Bonchev–Trinajstić information content (AvgIpc) is 3.78. The van der Waals surface area contributed by atoms with Crippen LogP contribution in [0.2, 0.25) is 0 Å². The fourth-order valence-electron chi connectivity index (χ4n) is 9.29. The summed E-state index contributed by atoms with van der Waals surface area (Å²) in [6, 6.07) is 10.2. The van der Waals surface area contributed by atoms with Gasteiger partial charge in [0.25, 0.3) is 5.91 Å². The molecule has 71 heavy (non-hydrogen) atoms. The van der Waals surface area contributed by atoms with Gasteiger partial charge in [0.05, 0.1) is 48.4 Å². The quantitative estimate of drug-likeness (QED) is 0.105. The molecule has 0 saturated carbocycles. The van der Waals surface area contributed by atoms with Gasteiger partial charge in [-0.1, -0.05) is 109 Å². The van der Waals surface area contributed by atoms with E-state index in [4.69, 9.17) is 9.47 Å². The molecule has 1 aliphatic rings. The van der Waals surface area contributed by atoms with Crippen LogP contribution in [0.3, 0.4) is 0 Å². The van der Waals surface area contributed by atoms with E-state index in [1.54, 1.807) is 59.4 Å². The monoisotopic (exact) mass is 1020 g/mol. The number of methoxy groups -OCH3 is 2. The van der Waals surface area contributed by atoms with Crippen molar-refractivity contribution >= 4 is 45.5 Å². The van der Waals surface area contributed by atoms with Gasteiger partial charge in [-0.15, -0.1) is 0 Å². The van der Waals surface area contributed by atoms with Crippen molar-refractivity contribution in [1.29, 1.82) is 0 Å². The predicted molar refractivity (Wildman–Crippen MR) is 262 cm³/mol. The second-order valence-corrected chi connectivity index (χ2v) is 21.2. The summed E-state index contributed by atoms with van der Waals surface area (Å²) in [7, 11) is 3.83. The van der Waals surface area contributed by atoms with E-state index in [2.05, 4.69) is 10.6 Å². The third-order valence-electron chi connectivity index (χ3n) is 13.2. The Hall–Kier alpha value is -5.12. The maximum Gasteiger partial charge on any atom is 0.471 e. The zero-order valence-corrected chi connectivity index (χ0v) is 44.0. The van der Waals surface area contributed by atoms with Crippen molar-refractivity contribution in [3.8, 4) is 0 Å². The zero-order valence-electron chi connectivity index (χ0n) is 43.2. The van der Waals surface area contributed by atoms with Crippen LogP contribution >= 0.6 is 0 Å². The minimum atomic E-state index is -5.06. The molecule has 398 valence electrons. The number of benzene rings is 2. The Morgan fingerprint density at radius 2 is 1.41 bits per heavy atom. The first-order valence-electron chi connectivity index (χ1n) is 24.1. The summed E-state index contributed by atoms with van der Waals surface area (Å²) in [6.07, 6.45) is -5.13. The van der Waals surface area contributed by atoms with E-state index in [-0.39, 0.29) is 59.4 Å². The van der Waals surface area contributed by atoms with Crippen molar-refractivity contribution in [2.24, 2.45) is 23.7 Å². The van der Waals surface area contributed by atoms with Crippen LogP contribution in [0.15, 0.2) is 54.6 Å². The molecule has 6 amide bonds. The lowest BCUT2D eigenvalue weighted by atomic mass is 9.89. The van der Waals surface area contributed by atoms with E-state index in [9.17, 15) is 50.4 Å². The molecule has 4 N–H and O–H groups in total. The fourth-order valence-corrected chi connectivity index (χ4v) is 10.4. The van der Waals surface area contributed by atoms with E-state index in [0.29, 0.717) is 31.4 Å². The molecule has 1 saturated heterocycles. The Labute approximate surface area is 417 Å². The normalized spacial score (nSPS) is 17.7. The maximum atomic E-state index is 14.4. The highest BCUT2D eigenvalue weighted by Gasteiger charge is 2.44. The second-order valence-electron chi connectivity index (χ2n) is 19.4. The van der Waals surface area contributed by atoms with Crippen molar-refractivity contribution in [3.05, 3.63) is 71.3 Å². The summed E-state index contributed by atoms with van der Waals surface area (Å²) < 4.78 is 78.4. The molecule has 2 aromatic carbocycles. The van der Waals surface area contributed by atoms with E-state index < -0.39 is 94.6 Å². The minimum absolute atomic E-state index is 0.0134. The Morgan fingerprint density at radius 3 is 1.93 bits per heavy atom. The van der Waals surface area contributed by atoms with Crippen LogP contribution in [-0.2, 0) is 67.0 Å². The molecule has 0 spiro atoms. The molecule has 21 heteroatoms. The average molecular weight is 1020 g/mol. The Morgan fingerprint density at radius 1 is 0.803 bits per heavy atom. The van der Waals surface area contributed by atoms with Crippen molar-refractivity contribution in [3.63, 3.8) is 0 Å². The SMILES string of the molecule is CC[C@H](C)[C@@H]([C@@H](CC(=O)N1CCC[C@H]1[C@H](OC)[C@@H](C)C(=O)N[C@@H](Cc1ccccc1)C(=O)NS(=O)(=O)Cc1ccc(CNC(=O)C(F)(F)F)cc1)OC)N(C)C(=O)[C@@H](NC(=O)[C@H](C(C)C)N(C)C)C(C)C. The molecule has 3 rings (SSSR count). The fraction of sp³-hybridized carbons (Fsp3) is 0.640. The highest BCUT2D eigenvalue weighted by atomic mass is 32.2. The van der Waals surface area contributed by atoms with Gasteiger partial charge in [0.15, 0.2) is 0 Å². The van der Waals surface area contributed by atoms with Gasteiger partial charge in [-0.3, -0.25) is 38.4 Å². The summed E-state index contributed by atoms with van der Waals surface area (Å²) in [5.74, 6) is -6.66. The van der Waals surface area contributed by atoms with Crippen LogP contribution < -0.4 is 20.7 Å². The lowest BCUT2D eigenvalue weighted by Crippen LogP contribution is -2.59. The van der Waals surface area contributed by atoms with Gasteiger partial charge in [0.2, 0.25) is 33.7 Å². The molecule has 0 aromatic heterocycles. The largest absolute Gasteiger partial charge is 0.471 e. The van der Waals surface area contributed by atoms with E-state index >= 15 is 0 Å². The topological polar surface area (TPSA) is 213 Å². The number of halogens is 3. The van der Waals surface area contributed by atoms with Crippen LogP contribution in [0, 0.1) is 23.7 Å². The smallest absolute Gasteiger partial charge is 0.379 e. The van der Waals surface area contributed by atoms with Crippen molar-refractivity contribution < 1.29 is 59.8 Å². The van der Waals surface area contributed by atoms with Crippen LogP contribution in [0.1, 0.15) is 90.8 Å². The van der Waals surface area contributed by atoms with Gasteiger partial charge >= 0.3 is 12.1 Å². The lowest BCUT2D eigenvalue weighted by Gasteiger charge is -2.41. The number of carbonyl (C=O) groups excluding carboxylic acids is 6. The van der Waals surface area contributed by atoms with Gasteiger partial charge in [-0.25, -0.2) is 8.42 Å². The Kier molecular flexibility index (Phi) is 23.0. The standard InChI is InChI=1S/C50H76F3N7O10S/c1-13-32(6)43(59(10)48(65)41(30(2)3)56-47(64)42(31(4)5)58(8)9)39(69-11)27-40(61)60-25-17-20-38(60)44(70-12)33(7)45(62)55-37(26-34-18-15-14-16-19-34)46(63)57-71(67,68)29-36-23-21-35(22-24-36)28-54-49(66)50(51,52)53/h14-16,18-19,21-24,30-33,37-39,41-44H,13,17,20,25-29H2,1-12H3,(H,54,66)(H,55,62)(H,56,64)(H,57,63)/t32-,33+,37-,38-,39+,41-,42-,43-,44+/m0/s1. The Balaban J connectivity index is 1.80. The molecule has 0 unspecified atom stereocenters. The number of rotatable bonds is 26. The molecule has 2 aromatic rings. The molecular formula is C50H76F3N7O10S. The number of nitrogens with zero attached hydrogens (tertiary/aromatic N) is 3. The van der Waals surface area contributed by atoms with Gasteiger partial charge in [-0.05, 0) is 61.4 Å². The molecule has 0 aliphatic carbocycles. The highest BCUT2D eigenvalue weighted by Crippen LogP contribution is 2.30. The number of nitrogens with one attached hydrogen (secondary N) is 4. The molecule has 1 heterocycles. The van der Waals surface area contributed by atoms with Crippen molar-refractivity contribution in [1.82, 2.24) is 35.4 Å². The number of hydrogen-bond acceptors (Lipinski definition) is 11. The third kappa shape index (κ3) is 17.3. The maximum absolute atomic E-state index is 14.4. The first kappa shape index (κ1) is 60.2. The second kappa shape index (κ2) is 27.1. The van der Waals surface area contributed by atoms with Gasteiger partial charge in [0.1, 0.15) is 12.1 Å². The van der Waals surface area contributed by atoms with E-state index in [1.807, 2.05) is 65.3 Å². The summed E-state index contributed by atoms with van der Waals surface area (Å²) >= 11 is 0. The predicted octanol–water partition coefficient (Wildman–Crippen LogP) is 4.19. The summed E-state index contributed by atoms with van der Waals surface area (Å²) in [6.45, 7) is 13.1. The van der Waals surface area contributed by atoms with Crippen molar-refractivity contribution in [2.75, 3.05) is 41.9 Å². The summed E-state index contributed by atoms with van der Waals surface area (Å²) in [5, 5.41) is 7.46. The van der Waals surface area contributed by atoms with Gasteiger partial charge < -0.3 is 35.2 Å². The number of likely N-dealkylation sites (N-methyl/N-ethyl adjacent to an activating group) is 2. The van der Waals surface area contributed by atoms with E-state index in [1.165, 1.54) is 38.5 Å². The molecule has 1 aliphatic heterocycles. The zero-order chi connectivity index (χ0) is 53.5. The lowest BCUT2D eigenvalue weighted by molar-refractivity contribution is -0.173. The molecule has 1 fully saturated rings. The van der Waals surface area contributed by atoms with E-state index in [0.717, 1.165) is 0 Å². The molecule has 0 bridgehead atoms. The number of alkyl halides is 3. The van der Waals surface area contributed by atoms with Crippen LogP contribution in [0.5, 0.6) is 0 Å². The number of carbonyl (C=O) groups is 6. The Bertz CT molecular complexity index is 2190. The third-order valence-corrected chi connectivity index (χ3v) is 14.4. The first-order valence-corrected chi connectivity index (χ1v) is 25.7. The number of ether oxygens (including phenoxy) is 2. The number of amides is 6. The van der Waals surface area contributed by atoms with Crippen molar-refractivity contribution in [2.45, 2.75) is 141 Å². The molecule has 9 atom stereocenters. The van der Waals surface area contributed by atoms with Crippen LogP contribution in [-0.4, -0.2) is 149 Å². The number of likely N-dealkylation sites (tertiary alicyclic amines) is 1. The first-order chi connectivity index (χ1) is 33.2. The van der Waals surface area contributed by atoms with Gasteiger partial charge in [-0.2, -0.15) is 13.2 Å². The summed E-state index contributed by atoms with van der Waals surface area (Å²) in [5.41, 5.74) is 1.09. The summed E-state index contributed by atoms with van der Waals surface area (Å²) in [4.78, 5) is 86.5. The number of hydrogen-bond donors (Lipinski definition) is 4. The minimum Gasteiger partial charge on any atom is -0.379 e. The van der Waals surface area contributed by atoms with Gasteiger partial charge in [0, 0.05) is 40.8 Å². The van der Waals surface area contributed by atoms with Crippen LogP contribution in [0.25, 0.3) is 0 Å². The number of sulfonamides is 1. The molecule has 0 radical (unpaired) electrons.